The monoisotopic (exact) mass is 344 g/mol. The van der Waals surface area contributed by atoms with Gasteiger partial charge in [-0.25, -0.2) is 4.98 Å². The van der Waals surface area contributed by atoms with Gasteiger partial charge < -0.3 is 15.2 Å². The number of H-pyrrole nitrogens is 1. The Bertz CT molecular complexity index is 1060. The number of nitrogens with one attached hydrogen (secondary N) is 2. The van der Waals surface area contributed by atoms with Gasteiger partial charge in [-0.1, -0.05) is 42.8 Å². The van der Waals surface area contributed by atoms with Crippen molar-refractivity contribution in [1.29, 1.82) is 0 Å². The number of hydrogen-bond donors (Lipinski definition) is 2. The minimum atomic E-state index is 0.931. The van der Waals surface area contributed by atoms with Gasteiger partial charge in [-0.15, -0.1) is 0 Å². The van der Waals surface area contributed by atoms with Gasteiger partial charge in [0.2, 0.25) is 0 Å². The molecule has 0 saturated carbocycles. The molecule has 3 heterocycles. The molecule has 0 aliphatic carbocycles. The molecule has 0 radical (unpaired) electrons. The van der Waals surface area contributed by atoms with E-state index in [1.54, 1.807) is 0 Å². The predicted octanol–water partition coefficient (Wildman–Crippen LogP) is 4.77. The van der Waals surface area contributed by atoms with Crippen LogP contribution in [0.3, 0.4) is 0 Å². The second-order valence-corrected chi connectivity index (χ2v) is 7.23. The normalized spacial score (nSPS) is 15.8. The molecule has 0 spiro atoms. The summed E-state index contributed by atoms with van der Waals surface area (Å²) in [5, 5.41) is 7.26. The third-order valence-electron chi connectivity index (χ3n) is 5.52. The van der Waals surface area contributed by atoms with Crippen molar-refractivity contribution in [3.05, 3.63) is 48.5 Å². The summed E-state index contributed by atoms with van der Waals surface area (Å²) < 4.78 is 0. The third-order valence-corrected chi connectivity index (χ3v) is 5.52. The zero-order chi connectivity index (χ0) is 17.3. The van der Waals surface area contributed by atoms with Crippen LogP contribution in [0.1, 0.15) is 19.3 Å². The Morgan fingerprint density at radius 3 is 2.58 bits per heavy atom. The summed E-state index contributed by atoms with van der Waals surface area (Å²) in [5.41, 5.74) is 3.38. The standard InChI is InChI=1S/C22H24N4/c1-6-13-26(14-7-1)15-12-23-22-20-16-8-2-4-10-18(16)24-21(20)17-9-3-5-11-19(17)25-22/h2-5,8-11,24H,1,6-7,12-15H2,(H,23,25). The molecule has 0 bridgehead atoms. The quantitative estimate of drug-likeness (QED) is 0.560. The summed E-state index contributed by atoms with van der Waals surface area (Å²) in [6.45, 7) is 4.48. The number of para-hydroxylation sites is 2. The number of anilines is 1. The smallest absolute Gasteiger partial charge is 0.136 e. The highest BCUT2D eigenvalue weighted by Crippen LogP contribution is 2.34. The lowest BCUT2D eigenvalue weighted by molar-refractivity contribution is 0.237. The summed E-state index contributed by atoms with van der Waals surface area (Å²) in [5.74, 6) is 0.994. The second kappa shape index (κ2) is 6.61. The van der Waals surface area contributed by atoms with E-state index < -0.39 is 0 Å². The molecule has 0 atom stereocenters. The largest absolute Gasteiger partial charge is 0.368 e. The zero-order valence-electron chi connectivity index (χ0n) is 15.0. The first-order chi connectivity index (χ1) is 12.9. The van der Waals surface area contributed by atoms with Gasteiger partial charge in [0.1, 0.15) is 5.82 Å². The highest BCUT2D eigenvalue weighted by atomic mass is 15.1. The molecule has 132 valence electrons. The molecule has 0 unspecified atom stereocenters. The number of fused-ring (bicyclic) bond motifs is 5. The SMILES string of the molecule is c1ccc2c(c1)nc(NCCN1CCCCC1)c1c3ccccc3[nH]c21. The Balaban J connectivity index is 1.56. The van der Waals surface area contributed by atoms with E-state index in [4.69, 9.17) is 4.98 Å². The van der Waals surface area contributed by atoms with Gasteiger partial charge in [-0.3, -0.25) is 0 Å². The number of likely N-dealkylation sites (tertiary alicyclic amines) is 1. The number of rotatable bonds is 4. The lowest BCUT2D eigenvalue weighted by atomic mass is 10.1. The molecule has 4 heteroatoms. The van der Waals surface area contributed by atoms with Crippen LogP contribution in [-0.2, 0) is 0 Å². The van der Waals surface area contributed by atoms with Crippen LogP contribution in [0.25, 0.3) is 32.7 Å². The zero-order valence-corrected chi connectivity index (χ0v) is 15.0. The van der Waals surface area contributed by atoms with Gasteiger partial charge in [-0.2, -0.15) is 0 Å². The predicted molar refractivity (Wildman–Crippen MR) is 110 cm³/mol. The van der Waals surface area contributed by atoms with E-state index in [2.05, 4.69) is 63.7 Å². The Morgan fingerprint density at radius 2 is 1.69 bits per heavy atom. The lowest BCUT2D eigenvalue weighted by Crippen LogP contribution is -2.33. The molecule has 4 nitrogen and oxygen atoms in total. The van der Waals surface area contributed by atoms with Crippen LogP contribution in [0.4, 0.5) is 5.82 Å². The topological polar surface area (TPSA) is 44.0 Å². The summed E-state index contributed by atoms with van der Waals surface area (Å²) in [4.78, 5) is 11.1. The summed E-state index contributed by atoms with van der Waals surface area (Å²) >= 11 is 0. The number of hydrogen-bond acceptors (Lipinski definition) is 3. The van der Waals surface area contributed by atoms with Crippen LogP contribution < -0.4 is 5.32 Å². The number of aromatic nitrogens is 2. The number of nitrogens with zero attached hydrogens (tertiary/aromatic N) is 2. The van der Waals surface area contributed by atoms with Crippen molar-refractivity contribution >= 4 is 38.5 Å². The first-order valence-corrected chi connectivity index (χ1v) is 9.65. The molecule has 1 fully saturated rings. The fourth-order valence-corrected chi connectivity index (χ4v) is 4.19. The van der Waals surface area contributed by atoms with Crippen molar-refractivity contribution in [2.24, 2.45) is 0 Å². The number of pyridine rings is 1. The Labute approximate surface area is 153 Å². The first-order valence-electron chi connectivity index (χ1n) is 9.65. The second-order valence-electron chi connectivity index (χ2n) is 7.23. The molecule has 5 rings (SSSR count). The molecular weight excluding hydrogens is 320 g/mol. The molecule has 0 amide bonds. The average Bonchev–Trinajstić information content (AvgIpc) is 3.09. The third kappa shape index (κ3) is 2.71. The maximum absolute atomic E-state index is 4.96. The Hall–Kier alpha value is -2.59. The summed E-state index contributed by atoms with van der Waals surface area (Å²) in [7, 11) is 0. The first kappa shape index (κ1) is 15.6. The van der Waals surface area contributed by atoms with Crippen LogP contribution in [0, 0.1) is 0 Å². The van der Waals surface area contributed by atoms with Gasteiger partial charge in [0.05, 0.1) is 16.4 Å². The molecule has 1 aliphatic heterocycles. The molecule has 2 aromatic carbocycles. The van der Waals surface area contributed by atoms with Crippen molar-refractivity contribution < 1.29 is 0 Å². The Morgan fingerprint density at radius 1 is 0.923 bits per heavy atom. The summed E-state index contributed by atoms with van der Waals surface area (Å²) in [6, 6.07) is 16.9. The van der Waals surface area contributed by atoms with E-state index in [1.165, 1.54) is 59.5 Å². The van der Waals surface area contributed by atoms with Gasteiger partial charge in [-0.05, 0) is 38.1 Å². The van der Waals surface area contributed by atoms with E-state index in [9.17, 15) is 0 Å². The highest BCUT2D eigenvalue weighted by molar-refractivity contribution is 6.20. The molecule has 1 aliphatic rings. The molecular formula is C22H24N4. The Kier molecular flexibility index (Phi) is 3.98. The van der Waals surface area contributed by atoms with Crippen LogP contribution in [0.15, 0.2) is 48.5 Å². The van der Waals surface area contributed by atoms with Crippen LogP contribution in [0.2, 0.25) is 0 Å². The van der Waals surface area contributed by atoms with Crippen molar-refractivity contribution in [3.63, 3.8) is 0 Å². The molecule has 2 aromatic heterocycles. The maximum atomic E-state index is 4.96. The number of piperidine rings is 1. The van der Waals surface area contributed by atoms with Crippen molar-refractivity contribution in [1.82, 2.24) is 14.9 Å². The van der Waals surface area contributed by atoms with E-state index in [1.807, 2.05) is 0 Å². The molecule has 2 N–H and O–H groups in total. The van der Waals surface area contributed by atoms with Gasteiger partial charge in [0, 0.05) is 29.4 Å². The fourth-order valence-electron chi connectivity index (χ4n) is 4.19. The van der Waals surface area contributed by atoms with E-state index in [-0.39, 0.29) is 0 Å². The van der Waals surface area contributed by atoms with Crippen molar-refractivity contribution in [2.75, 3.05) is 31.5 Å². The maximum Gasteiger partial charge on any atom is 0.136 e. The number of aromatic amines is 1. The van der Waals surface area contributed by atoms with E-state index in [0.717, 1.165) is 24.4 Å². The minimum Gasteiger partial charge on any atom is -0.368 e. The number of benzene rings is 2. The van der Waals surface area contributed by atoms with Crippen LogP contribution in [-0.4, -0.2) is 41.0 Å². The van der Waals surface area contributed by atoms with Gasteiger partial charge in [0.15, 0.2) is 0 Å². The van der Waals surface area contributed by atoms with Crippen molar-refractivity contribution in [2.45, 2.75) is 19.3 Å². The van der Waals surface area contributed by atoms with Crippen LogP contribution in [0.5, 0.6) is 0 Å². The van der Waals surface area contributed by atoms with Crippen molar-refractivity contribution in [3.8, 4) is 0 Å². The van der Waals surface area contributed by atoms with E-state index in [0.29, 0.717) is 0 Å². The lowest BCUT2D eigenvalue weighted by Gasteiger charge is -2.26. The molecule has 4 aromatic rings. The van der Waals surface area contributed by atoms with Gasteiger partial charge in [0.25, 0.3) is 0 Å². The average molecular weight is 344 g/mol. The van der Waals surface area contributed by atoms with E-state index >= 15 is 0 Å². The van der Waals surface area contributed by atoms with Gasteiger partial charge >= 0.3 is 0 Å². The fraction of sp³-hybridized carbons (Fsp3) is 0.318. The molecule has 26 heavy (non-hydrogen) atoms. The van der Waals surface area contributed by atoms with Crippen LogP contribution >= 0.6 is 0 Å². The molecule has 1 saturated heterocycles. The highest BCUT2D eigenvalue weighted by Gasteiger charge is 2.14. The minimum absolute atomic E-state index is 0.931. The summed E-state index contributed by atoms with van der Waals surface area (Å²) in [6.07, 6.45) is 4.05.